The number of halogens is 2. The van der Waals surface area contributed by atoms with Gasteiger partial charge in [-0.3, -0.25) is 19.9 Å². The Morgan fingerprint density at radius 1 is 1.09 bits per heavy atom. The number of non-ortho nitro benzene ring substituents is 1. The second-order valence-corrected chi connectivity index (χ2v) is 9.71. The molecule has 0 unspecified atom stereocenters. The minimum Gasteiger partial charge on any atom is -0.384 e. The van der Waals surface area contributed by atoms with Crippen molar-refractivity contribution in [2.24, 2.45) is 0 Å². The van der Waals surface area contributed by atoms with Crippen LogP contribution < -0.4 is 10.6 Å². The van der Waals surface area contributed by atoms with Crippen molar-refractivity contribution in [3.63, 3.8) is 0 Å². The first-order valence-corrected chi connectivity index (χ1v) is 12.4. The quantitative estimate of drug-likeness (QED) is 0.173. The maximum absolute atomic E-state index is 12.5. The summed E-state index contributed by atoms with van der Waals surface area (Å²) >= 11 is 7.35. The average molecular weight is 532 g/mol. The molecule has 2 heterocycles. The van der Waals surface area contributed by atoms with E-state index in [0.717, 1.165) is 65.7 Å². The van der Waals surface area contributed by atoms with Gasteiger partial charge in [0, 0.05) is 47.0 Å². The molecule has 1 aliphatic rings. The number of nitrogens with zero attached hydrogens (tertiary/aromatic N) is 3. The summed E-state index contributed by atoms with van der Waals surface area (Å²) in [6.07, 6.45) is 5.03. The normalized spacial score (nSPS) is 12.7. The summed E-state index contributed by atoms with van der Waals surface area (Å²) in [5.74, 6) is -0.273. The van der Waals surface area contributed by atoms with Gasteiger partial charge in [0.25, 0.3) is 11.6 Å². The van der Waals surface area contributed by atoms with E-state index >= 15 is 0 Å². The van der Waals surface area contributed by atoms with Crippen LogP contribution in [0.2, 0.25) is 5.02 Å². The van der Waals surface area contributed by atoms with Crippen LogP contribution in [0.1, 0.15) is 40.3 Å². The number of carbonyl (C=O) groups excluding carboxylic acids is 1. The molecule has 182 valence electrons. The molecule has 11 heteroatoms. The number of carbonyl (C=O) groups is 1. The molecule has 5 rings (SSSR count). The molecule has 0 fully saturated rings. The molecule has 0 radical (unpaired) electrons. The highest BCUT2D eigenvalue weighted by atomic mass is 35.5. The van der Waals surface area contributed by atoms with Crippen LogP contribution in [-0.2, 0) is 12.8 Å². The predicted molar refractivity (Wildman–Crippen MR) is 142 cm³/mol. The van der Waals surface area contributed by atoms with E-state index in [0.29, 0.717) is 33.3 Å². The number of nitro benzene ring substituents is 1. The van der Waals surface area contributed by atoms with Crippen LogP contribution >= 0.6 is 35.3 Å². The van der Waals surface area contributed by atoms with Gasteiger partial charge in [0.15, 0.2) is 5.01 Å². The van der Waals surface area contributed by atoms with E-state index in [-0.39, 0.29) is 24.0 Å². The zero-order valence-corrected chi connectivity index (χ0v) is 21.1. The Balaban J connectivity index is 0.00000289. The highest BCUT2D eigenvalue weighted by molar-refractivity contribution is 7.20. The first kappa shape index (κ1) is 25.1. The zero-order valence-electron chi connectivity index (χ0n) is 18.7. The number of anilines is 1. The van der Waals surface area contributed by atoms with E-state index in [1.165, 1.54) is 17.7 Å². The standard InChI is InChI=1S/C24H22ClN5O3S.ClH/c25-14-6-8-17-20(12-14)28-18-5-2-1-4-16(18)22(17)26-10-3-11-27-23(31)24-29-19-9-7-15(30(32)33)13-21(19)34-24;/h6-9,12-13H,1-5,10-11H2,(H,26,28)(H,27,31);1H. The van der Waals surface area contributed by atoms with Gasteiger partial charge >= 0.3 is 0 Å². The van der Waals surface area contributed by atoms with E-state index in [9.17, 15) is 14.9 Å². The van der Waals surface area contributed by atoms with E-state index in [4.69, 9.17) is 16.6 Å². The first-order valence-electron chi connectivity index (χ1n) is 11.2. The number of hydrogen-bond acceptors (Lipinski definition) is 7. The van der Waals surface area contributed by atoms with Crippen molar-refractivity contribution in [1.29, 1.82) is 0 Å². The number of thiazole rings is 1. The highest BCUT2D eigenvalue weighted by Crippen LogP contribution is 2.34. The van der Waals surface area contributed by atoms with E-state index in [2.05, 4.69) is 15.6 Å². The molecule has 0 spiro atoms. The summed E-state index contributed by atoms with van der Waals surface area (Å²) in [4.78, 5) is 32.2. The maximum atomic E-state index is 12.5. The van der Waals surface area contributed by atoms with Crippen molar-refractivity contribution < 1.29 is 9.72 Å². The summed E-state index contributed by atoms with van der Waals surface area (Å²) in [7, 11) is 0. The molecule has 0 atom stereocenters. The molecule has 0 bridgehead atoms. The van der Waals surface area contributed by atoms with Gasteiger partial charge in [0.1, 0.15) is 0 Å². The molecule has 0 saturated heterocycles. The van der Waals surface area contributed by atoms with E-state index in [1.54, 1.807) is 6.07 Å². The topological polar surface area (TPSA) is 110 Å². The lowest BCUT2D eigenvalue weighted by Gasteiger charge is -2.22. The predicted octanol–water partition coefficient (Wildman–Crippen LogP) is 5.94. The fourth-order valence-electron chi connectivity index (χ4n) is 4.30. The van der Waals surface area contributed by atoms with Crippen molar-refractivity contribution in [1.82, 2.24) is 15.3 Å². The van der Waals surface area contributed by atoms with Crippen molar-refractivity contribution in [3.8, 4) is 0 Å². The van der Waals surface area contributed by atoms with Gasteiger partial charge in [0.2, 0.25) is 0 Å². The lowest BCUT2D eigenvalue weighted by Crippen LogP contribution is -2.25. The molecule has 2 N–H and O–H groups in total. The van der Waals surface area contributed by atoms with Crippen molar-refractivity contribution in [2.75, 3.05) is 18.4 Å². The number of fused-ring (bicyclic) bond motifs is 3. The molecule has 8 nitrogen and oxygen atoms in total. The third kappa shape index (κ3) is 5.32. The minimum atomic E-state index is -0.455. The van der Waals surface area contributed by atoms with Crippen molar-refractivity contribution >= 4 is 73.7 Å². The number of amides is 1. The summed E-state index contributed by atoms with van der Waals surface area (Å²) < 4.78 is 0.621. The average Bonchev–Trinajstić information content (AvgIpc) is 3.26. The molecule has 35 heavy (non-hydrogen) atoms. The van der Waals surface area contributed by atoms with Crippen LogP contribution in [0.15, 0.2) is 36.4 Å². The number of nitrogens with one attached hydrogen (secondary N) is 2. The molecule has 0 saturated carbocycles. The fourth-order valence-corrected chi connectivity index (χ4v) is 5.39. The SMILES string of the molecule is Cl.O=C(NCCCNc1c2c(nc3cc(Cl)ccc13)CCCC2)c1nc2ccc([N+](=O)[O-])cc2s1. The lowest BCUT2D eigenvalue weighted by atomic mass is 9.92. The zero-order chi connectivity index (χ0) is 23.7. The molecule has 2 aromatic heterocycles. The van der Waals surface area contributed by atoms with Gasteiger partial charge < -0.3 is 10.6 Å². The first-order chi connectivity index (χ1) is 16.5. The highest BCUT2D eigenvalue weighted by Gasteiger charge is 2.18. The van der Waals surface area contributed by atoms with E-state index in [1.807, 2.05) is 18.2 Å². The number of benzene rings is 2. The van der Waals surface area contributed by atoms with Crippen LogP contribution in [0.25, 0.3) is 21.1 Å². The lowest BCUT2D eigenvalue weighted by molar-refractivity contribution is -0.384. The van der Waals surface area contributed by atoms with Gasteiger partial charge in [-0.1, -0.05) is 11.6 Å². The van der Waals surface area contributed by atoms with Crippen LogP contribution in [0.5, 0.6) is 0 Å². The molecular formula is C24H23Cl2N5O3S. The van der Waals surface area contributed by atoms with Crippen LogP contribution in [0.3, 0.4) is 0 Å². The number of hydrogen-bond donors (Lipinski definition) is 2. The Labute approximate surface area is 216 Å². The Bertz CT molecular complexity index is 1430. The number of aromatic nitrogens is 2. The maximum Gasteiger partial charge on any atom is 0.280 e. The summed E-state index contributed by atoms with van der Waals surface area (Å²) in [5, 5.41) is 19.5. The Hall–Kier alpha value is -3.01. The van der Waals surface area contributed by atoms with Crippen LogP contribution in [-0.4, -0.2) is 33.9 Å². The second-order valence-electron chi connectivity index (χ2n) is 8.25. The number of rotatable bonds is 7. The number of nitro groups is 1. The molecule has 4 aromatic rings. The minimum absolute atomic E-state index is 0. The van der Waals surface area contributed by atoms with Crippen molar-refractivity contribution in [2.45, 2.75) is 32.1 Å². The van der Waals surface area contributed by atoms with Gasteiger partial charge in [-0.05, 0) is 61.9 Å². The summed E-state index contributed by atoms with van der Waals surface area (Å²) in [5.41, 5.74) is 5.02. The molecular weight excluding hydrogens is 509 g/mol. The third-order valence-electron chi connectivity index (χ3n) is 5.94. The molecule has 1 amide bonds. The largest absolute Gasteiger partial charge is 0.384 e. The van der Waals surface area contributed by atoms with Gasteiger partial charge in [0.05, 0.1) is 20.7 Å². The summed E-state index contributed by atoms with van der Waals surface area (Å²) in [6.45, 7) is 1.18. The fraction of sp³-hybridized carbons (Fsp3) is 0.292. The Kier molecular flexibility index (Phi) is 7.69. The Morgan fingerprint density at radius 2 is 1.91 bits per heavy atom. The third-order valence-corrected chi connectivity index (χ3v) is 7.20. The number of aryl methyl sites for hydroxylation is 1. The Morgan fingerprint density at radius 3 is 2.74 bits per heavy atom. The van der Waals surface area contributed by atoms with Gasteiger partial charge in [-0.25, -0.2) is 4.98 Å². The summed E-state index contributed by atoms with van der Waals surface area (Å²) in [6, 6.07) is 10.2. The molecule has 0 aliphatic heterocycles. The molecule has 2 aromatic carbocycles. The van der Waals surface area contributed by atoms with Crippen LogP contribution in [0.4, 0.5) is 11.4 Å². The smallest absolute Gasteiger partial charge is 0.280 e. The van der Waals surface area contributed by atoms with Crippen LogP contribution in [0, 0.1) is 10.1 Å². The second kappa shape index (κ2) is 10.7. The van der Waals surface area contributed by atoms with E-state index < -0.39 is 4.92 Å². The van der Waals surface area contributed by atoms with Gasteiger partial charge in [-0.2, -0.15) is 0 Å². The van der Waals surface area contributed by atoms with Crippen molar-refractivity contribution in [3.05, 3.63) is 67.8 Å². The number of pyridine rings is 1. The monoisotopic (exact) mass is 531 g/mol. The molecule has 1 aliphatic carbocycles. The van der Waals surface area contributed by atoms with Gasteiger partial charge in [-0.15, -0.1) is 23.7 Å².